The van der Waals surface area contributed by atoms with Gasteiger partial charge in [0.25, 0.3) is 0 Å². The van der Waals surface area contributed by atoms with Crippen LogP contribution in [0.3, 0.4) is 0 Å². The summed E-state index contributed by atoms with van der Waals surface area (Å²) >= 11 is 5.94. The maximum atomic E-state index is 14.9. The molecule has 2 unspecified atom stereocenters. The van der Waals surface area contributed by atoms with Crippen molar-refractivity contribution in [2.45, 2.75) is 43.4 Å². The fourth-order valence-electron chi connectivity index (χ4n) is 5.55. The average Bonchev–Trinajstić information content (AvgIpc) is 3.36. The first-order chi connectivity index (χ1) is 15.0. The van der Waals surface area contributed by atoms with Crippen LogP contribution in [0.1, 0.15) is 25.7 Å². The topological polar surface area (TPSA) is 63.6 Å². The summed E-state index contributed by atoms with van der Waals surface area (Å²) in [5, 5.41) is 0.273. The van der Waals surface area contributed by atoms with Gasteiger partial charge in [-0.2, -0.15) is 9.97 Å². The van der Waals surface area contributed by atoms with Crippen molar-refractivity contribution in [1.29, 1.82) is 0 Å². The van der Waals surface area contributed by atoms with Gasteiger partial charge >= 0.3 is 6.01 Å². The summed E-state index contributed by atoms with van der Waals surface area (Å²) in [7, 11) is 0. The van der Waals surface area contributed by atoms with Crippen molar-refractivity contribution in [2.24, 2.45) is 5.92 Å². The van der Waals surface area contributed by atoms with Crippen molar-refractivity contribution < 1.29 is 18.3 Å². The summed E-state index contributed by atoms with van der Waals surface area (Å²) in [4.78, 5) is 17.3. The van der Waals surface area contributed by atoms with Crippen LogP contribution in [0.5, 0.6) is 6.01 Å². The lowest BCUT2D eigenvalue weighted by molar-refractivity contribution is 0.107. The number of alkyl halides is 1. The largest absolute Gasteiger partial charge is 0.461 e. The molecule has 7 nitrogen and oxygen atoms in total. The van der Waals surface area contributed by atoms with E-state index in [1.54, 1.807) is 0 Å². The van der Waals surface area contributed by atoms with E-state index >= 15 is 0 Å². The third kappa shape index (κ3) is 3.32. The minimum absolute atomic E-state index is 0.0922. The van der Waals surface area contributed by atoms with E-state index in [0.717, 1.165) is 32.4 Å². The molecule has 0 amide bonds. The highest BCUT2D eigenvalue weighted by molar-refractivity contribution is 6.30. The molecule has 3 saturated heterocycles. The third-order valence-electron chi connectivity index (χ3n) is 7.20. The van der Waals surface area contributed by atoms with E-state index in [1.165, 1.54) is 6.20 Å². The van der Waals surface area contributed by atoms with Gasteiger partial charge in [-0.1, -0.05) is 11.6 Å². The molecule has 3 aliphatic heterocycles. The van der Waals surface area contributed by atoms with E-state index in [1.807, 2.05) is 0 Å². The van der Waals surface area contributed by atoms with Crippen molar-refractivity contribution in [2.75, 3.05) is 44.4 Å². The Morgan fingerprint density at radius 1 is 1.32 bits per heavy atom. The molecular weight excluding hydrogens is 428 g/mol. The Morgan fingerprint density at radius 3 is 3.13 bits per heavy atom. The fourth-order valence-corrected chi connectivity index (χ4v) is 5.69. The molecule has 2 aromatic rings. The number of ether oxygens (including phenoxy) is 2. The lowest BCUT2D eigenvalue weighted by Gasteiger charge is -2.31. The van der Waals surface area contributed by atoms with Gasteiger partial charge in [0, 0.05) is 37.7 Å². The van der Waals surface area contributed by atoms with Crippen LogP contribution in [0, 0.1) is 11.7 Å². The van der Waals surface area contributed by atoms with E-state index in [0.29, 0.717) is 49.3 Å². The second kappa shape index (κ2) is 7.35. The number of hydrogen-bond donors (Lipinski definition) is 0. The highest BCUT2D eigenvalue weighted by Crippen LogP contribution is 2.43. The van der Waals surface area contributed by atoms with Gasteiger partial charge in [-0.15, -0.1) is 0 Å². The normalized spacial score (nSPS) is 32.7. The molecule has 0 spiro atoms. The van der Waals surface area contributed by atoms with Crippen LogP contribution in [0.4, 0.5) is 14.6 Å². The summed E-state index contributed by atoms with van der Waals surface area (Å²) in [6.45, 7) is 3.56. The molecule has 6 rings (SSSR count). The van der Waals surface area contributed by atoms with Gasteiger partial charge in [0.1, 0.15) is 24.1 Å². The van der Waals surface area contributed by atoms with Gasteiger partial charge in [-0.3, -0.25) is 4.90 Å². The van der Waals surface area contributed by atoms with Crippen molar-refractivity contribution >= 4 is 28.3 Å². The molecule has 0 radical (unpaired) electrons. The zero-order valence-electron chi connectivity index (χ0n) is 17.1. The molecule has 5 heterocycles. The second-order valence-electron chi connectivity index (χ2n) is 9.15. The zero-order chi connectivity index (χ0) is 21.2. The first-order valence-electron chi connectivity index (χ1n) is 10.9. The number of anilines is 1. The quantitative estimate of drug-likeness (QED) is 0.662. The minimum Gasteiger partial charge on any atom is -0.461 e. The molecule has 10 heteroatoms. The monoisotopic (exact) mass is 451 g/mol. The Balaban J connectivity index is 1.37. The Hall–Kier alpha value is -1.84. The number of halogens is 3. The highest BCUT2D eigenvalue weighted by atomic mass is 35.5. The third-order valence-corrected chi connectivity index (χ3v) is 7.46. The van der Waals surface area contributed by atoms with E-state index in [2.05, 4.69) is 24.8 Å². The number of aromatic nitrogens is 3. The molecular formula is C21H24ClF2N5O2. The molecule has 1 saturated carbocycles. The predicted molar refractivity (Wildman–Crippen MR) is 111 cm³/mol. The van der Waals surface area contributed by atoms with E-state index in [9.17, 15) is 8.78 Å². The summed E-state index contributed by atoms with van der Waals surface area (Å²) < 4.78 is 40.7. The Labute approximate surface area is 183 Å². The lowest BCUT2D eigenvalue weighted by atomic mass is 9.95. The lowest BCUT2D eigenvalue weighted by Crippen LogP contribution is -2.43. The molecule has 1 aliphatic carbocycles. The highest BCUT2D eigenvalue weighted by Gasteiger charge is 2.49. The van der Waals surface area contributed by atoms with Crippen LogP contribution in [-0.4, -0.2) is 77.1 Å². The summed E-state index contributed by atoms with van der Waals surface area (Å²) in [6.07, 6.45) is 4.04. The Morgan fingerprint density at radius 2 is 2.23 bits per heavy atom. The minimum atomic E-state index is -0.844. The average molecular weight is 452 g/mol. The molecule has 2 aromatic heterocycles. The number of hydrogen-bond acceptors (Lipinski definition) is 7. The number of nitrogens with zero attached hydrogens (tertiary/aromatic N) is 5. The molecule has 0 bridgehead atoms. The Bertz CT molecular complexity index is 1030. The maximum absolute atomic E-state index is 14.9. The molecule has 31 heavy (non-hydrogen) atoms. The summed E-state index contributed by atoms with van der Waals surface area (Å²) in [5.41, 5.74) is -0.234. The number of pyridine rings is 1. The molecule has 4 aliphatic rings. The summed E-state index contributed by atoms with van der Waals surface area (Å²) in [5.74, 6) is 0.362. The Kier molecular flexibility index (Phi) is 4.70. The van der Waals surface area contributed by atoms with Crippen LogP contribution in [0.25, 0.3) is 10.9 Å². The maximum Gasteiger partial charge on any atom is 0.319 e. The molecule has 0 aromatic carbocycles. The van der Waals surface area contributed by atoms with Crippen molar-refractivity contribution in [1.82, 2.24) is 19.9 Å². The van der Waals surface area contributed by atoms with Gasteiger partial charge in [-0.05, 0) is 25.8 Å². The van der Waals surface area contributed by atoms with Gasteiger partial charge < -0.3 is 14.4 Å². The van der Waals surface area contributed by atoms with E-state index < -0.39 is 12.0 Å². The number of fused-ring (bicyclic) bond motifs is 3. The molecule has 0 N–H and O–H groups in total. The van der Waals surface area contributed by atoms with Gasteiger partial charge in [0.05, 0.1) is 24.1 Å². The smallest absolute Gasteiger partial charge is 0.319 e. The van der Waals surface area contributed by atoms with Gasteiger partial charge in [0.2, 0.25) is 0 Å². The van der Waals surface area contributed by atoms with Crippen LogP contribution in [-0.2, 0) is 4.74 Å². The van der Waals surface area contributed by atoms with Crippen LogP contribution in [0.2, 0.25) is 5.15 Å². The zero-order valence-corrected chi connectivity index (χ0v) is 17.8. The first kappa shape index (κ1) is 19.8. The van der Waals surface area contributed by atoms with E-state index in [4.69, 9.17) is 21.1 Å². The molecule has 4 atom stereocenters. The molecule has 4 fully saturated rings. The van der Waals surface area contributed by atoms with Crippen molar-refractivity contribution in [3.8, 4) is 6.01 Å². The van der Waals surface area contributed by atoms with Gasteiger partial charge in [-0.25, -0.2) is 13.8 Å². The summed E-state index contributed by atoms with van der Waals surface area (Å²) in [6, 6.07) is 0.396. The molecule has 166 valence electrons. The fraction of sp³-hybridized carbons (Fsp3) is 0.667. The standard InChI is InChI=1S/C21H24ClF2N5O2/c22-18-16(24)17-14(8-25-18)19(29-4-5-30-10-12-6-15(12)29)27-20(26-17)31-11-21-2-1-3-28(21)9-13(23)7-21/h8,12-13,15H,1-7,9-11H2/t12?,13-,15?,21+/m1/s1. The van der Waals surface area contributed by atoms with E-state index in [-0.39, 0.29) is 28.8 Å². The van der Waals surface area contributed by atoms with Crippen molar-refractivity contribution in [3.05, 3.63) is 17.2 Å². The SMILES string of the molecule is Fc1c(Cl)ncc2c(N3CCOCC4CC43)nc(OC[C@@]34CCCN3C[C@H](F)C4)nc12. The number of rotatable bonds is 4. The van der Waals surface area contributed by atoms with Crippen LogP contribution in [0.15, 0.2) is 6.20 Å². The van der Waals surface area contributed by atoms with Crippen molar-refractivity contribution in [3.63, 3.8) is 0 Å². The van der Waals surface area contributed by atoms with Crippen LogP contribution < -0.4 is 9.64 Å². The van der Waals surface area contributed by atoms with Crippen LogP contribution >= 0.6 is 11.6 Å². The van der Waals surface area contributed by atoms with Gasteiger partial charge in [0.15, 0.2) is 11.0 Å². The first-order valence-corrected chi connectivity index (χ1v) is 11.3. The second-order valence-corrected chi connectivity index (χ2v) is 9.51. The predicted octanol–water partition coefficient (Wildman–Crippen LogP) is 3.00.